The van der Waals surface area contributed by atoms with Crippen LogP contribution in [0.2, 0.25) is 5.02 Å². The standard InChI is InChI=1S/C19H19ClO2/c1-12(21)19(13(2)22)17-5-3-4-15(18(17)19)9-6-14-7-10-16(20)11-8-14/h3-4,6-11,15,17-18H,5H2,1-2H3/b9-6+/t15-,17-,18+/m1/s1. The average Bonchev–Trinajstić information content (AvgIpc) is 3.18. The second kappa shape index (κ2) is 5.51. The first-order chi connectivity index (χ1) is 10.5. The van der Waals surface area contributed by atoms with Crippen molar-refractivity contribution in [3.8, 4) is 0 Å². The second-order valence-electron chi connectivity index (χ2n) is 6.27. The van der Waals surface area contributed by atoms with Crippen molar-refractivity contribution in [1.82, 2.24) is 0 Å². The molecule has 0 unspecified atom stereocenters. The number of halogens is 1. The predicted octanol–water partition coefficient (Wildman–Crippen LogP) is 4.34. The monoisotopic (exact) mass is 314 g/mol. The van der Waals surface area contributed by atoms with E-state index in [1.807, 2.05) is 30.3 Å². The third-order valence-electron chi connectivity index (χ3n) is 5.14. The molecule has 0 spiro atoms. The molecule has 3 rings (SSSR count). The first kappa shape index (κ1) is 15.2. The van der Waals surface area contributed by atoms with Crippen molar-refractivity contribution in [3.05, 3.63) is 53.1 Å². The Balaban J connectivity index is 1.84. The van der Waals surface area contributed by atoms with Gasteiger partial charge in [-0.2, -0.15) is 0 Å². The molecule has 0 radical (unpaired) electrons. The largest absolute Gasteiger partial charge is 0.299 e. The average molecular weight is 315 g/mol. The van der Waals surface area contributed by atoms with Crippen molar-refractivity contribution in [2.45, 2.75) is 20.3 Å². The molecule has 0 saturated heterocycles. The third-order valence-corrected chi connectivity index (χ3v) is 5.40. The maximum absolute atomic E-state index is 12.1. The highest BCUT2D eigenvalue weighted by Gasteiger charge is 2.72. The summed E-state index contributed by atoms with van der Waals surface area (Å²) in [4.78, 5) is 24.2. The van der Waals surface area contributed by atoms with Crippen LogP contribution in [-0.4, -0.2) is 11.6 Å². The zero-order chi connectivity index (χ0) is 15.9. The fraction of sp³-hybridized carbons (Fsp3) is 0.368. The van der Waals surface area contributed by atoms with E-state index in [0.29, 0.717) is 5.02 Å². The van der Waals surface area contributed by atoms with Crippen LogP contribution in [0.5, 0.6) is 0 Å². The topological polar surface area (TPSA) is 34.1 Å². The first-order valence-corrected chi connectivity index (χ1v) is 7.98. The van der Waals surface area contributed by atoms with E-state index >= 15 is 0 Å². The summed E-state index contributed by atoms with van der Waals surface area (Å²) >= 11 is 5.89. The van der Waals surface area contributed by atoms with Crippen LogP contribution in [0.15, 0.2) is 42.5 Å². The molecule has 1 aromatic carbocycles. The van der Waals surface area contributed by atoms with Crippen LogP contribution in [0, 0.1) is 23.2 Å². The Morgan fingerprint density at radius 2 is 1.82 bits per heavy atom. The minimum absolute atomic E-state index is 0.0172. The molecule has 3 heteroatoms. The van der Waals surface area contributed by atoms with Gasteiger partial charge in [0.15, 0.2) is 0 Å². The Morgan fingerprint density at radius 1 is 1.18 bits per heavy atom. The van der Waals surface area contributed by atoms with Crippen LogP contribution in [0.1, 0.15) is 25.8 Å². The molecule has 2 aliphatic carbocycles. The maximum atomic E-state index is 12.1. The van der Waals surface area contributed by atoms with Crippen LogP contribution in [0.4, 0.5) is 0 Å². The molecule has 3 atom stereocenters. The number of fused-ring (bicyclic) bond motifs is 1. The molecular weight excluding hydrogens is 296 g/mol. The van der Waals surface area contributed by atoms with Crippen molar-refractivity contribution in [2.24, 2.45) is 23.2 Å². The number of carbonyl (C=O) groups is 2. The zero-order valence-corrected chi connectivity index (χ0v) is 13.5. The lowest BCUT2D eigenvalue weighted by Gasteiger charge is -2.13. The Labute approximate surface area is 135 Å². The molecule has 114 valence electrons. The molecule has 1 fully saturated rings. The van der Waals surface area contributed by atoms with Gasteiger partial charge in [-0.25, -0.2) is 0 Å². The summed E-state index contributed by atoms with van der Waals surface area (Å²) in [6, 6.07) is 7.62. The van der Waals surface area contributed by atoms with Crippen LogP contribution in [-0.2, 0) is 9.59 Å². The molecule has 0 bridgehead atoms. The summed E-state index contributed by atoms with van der Waals surface area (Å²) in [6.07, 6.45) is 9.20. The number of hydrogen-bond donors (Lipinski definition) is 0. The minimum Gasteiger partial charge on any atom is -0.299 e. The highest BCUT2D eigenvalue weighted by atomic mass is 35.5. The Bertz CT molecular complexity index is 655. The second-order valence-corrected chi connectivity index (χ2v) is 6.70. The van der Waals surface area contributed by atoms with Crippen molar-refractivity contribution < 1.29 is 9.59 Å². The number of ketones is 2. The molecule has 0 N–H and O–H groups in total. The van der Waals surface area contributed by atoms with Gasteiger partial charge in [0.05, 0.1) is 5.41 Å². The molecule has 22 heavy (non-hydrogen) atoms. The molecule has 0 heterocycles. The normalized spacial score (nSPS) is 28.4. The molecule has 0 aliphatic heterocycles. The maximum Gasteiger partial charge on any atom is 0.143 e. The lowest BCUT2D eigenvalue weighted by Crippen LogP contribution is -2.26. The van der Waals surface area contributed by atoms with Crippen molar-refractivity contribution in [3.63, 3.8) is 0 Å². The van der Waals surface area contributed by atoms with Crippen LogP contribution in [0.25, 0.3) is 6.08 Å². The van der Waals surface area contributed by atoms with Crippen molar-refractivity contribution in [1.29, 1.82) is 0 Å². The summed E-state index contributed by atoms with van der Waals surface area (Å²) in [7, 11) is 0. The third kappa shape index (κ3) is 2.26. The smallest absolute Gasteiger partial charge is 0.143 e. The van der Waals surface area contributed by atoms with Gasteiger partial charge in [0.25, 0.3) is 0 Å². The molecule has 0 amide bonds. The van der Waals surface area contributed by atoms with Gasteiger partial charge >= 0.3 is 0 Å². The summed E-state index contributed by atoms with van der Waals surface area (Å²) in [5.41, 5.74) is 0.315. The molecule has 0 aromatic heterocycles. The van der Waals surface area contributed by atoms with E-state index < -0.39 is 5.41 Å². The number of rotatable bonds is 4. The summed E-state index contributed by atoms with van der Waals surface area (Å²) in [6.45, 7) is 3.11. The van der Waals surface area contributed by atoms with Crippen molar-refractivity contribution >= 4 is 29.2 Å². The van der Waals surface area contributed by atoms with Gasteiger partial charge in [0, 0.05) is 5.02 Å². The van der Waals surface area contributed by atoms with Gasteiger partial charge in [-0.3, -0.25) is 9.59 Å². The first-order valence-electron chi connectivity index (χ1n) is 7.60. The van der Waals surface area contributed by atoms with Crippen LogP contribution < -0.4 is 0 Å². The molecule has 2 nitrogen and oxygen atoms in total. The van der Waals surface area contributed by atoms with Crippen LogP contribution in [0.3, 0.4) is 0 Å². The van der Waals surface area contributed by atoms with Gasteiger partial charge in [-0.1, -0.05) is 48.0 Å². The minimum atomic E-state index is -0.751. The lowest BCUT2D eigenvalue weighted by atomic mass is 9.88. The van der Waals surface area contributed by atoms with E-state index in [1.54, 1.807) is 13.8 Å². The van der Waals surface area contributed by atoms with E-state index in [2.05, 4.69) is 18.2 Å². The quantitative estimate of drug-likeness (QED) is 0.612. The summed E-state index contributed by atoms with van der Waals surface area (Å²) in [5, 5.41) is 0.712. The highest BCUT2D eigenvalue weighted by Crippen LogP contribution is 2.67. The molecule has 2 aliphatic rings. The Hall–Kier alpha value is -1.67. The zero-order valence-electron chi connectivity index (χ0n) is 12.8. The van der Waals surface area contributed by atoms with Gasteiger partial charge < -0.3 is 0 Å². The summed E-state index contributed by atoms with van der Waals surface area (Å²) in [5.74, 6) is 0.470. The fourth-order valence-corrected chi connectivity index (χ4v) is 4.24. The van der Waals surface area contributed by atoms with E-state index in [9.17, 15) is 9.59 Å². The van der Waals surface area contributed by atoms with E-state index in [4.69, 9.17) is 11.6 Å². The van der Waals surface area contributed by atoms with E-state index in [1.165, 1.54) is 0 Å². The fourth-order valence-electron chi connectivity index (χ4n) is 4.11. The van der Waals surface area contributed by atoms with Crippen LogP contribution >= 0.6 is 11.6 Å². The van der Waals surface area contributed by atoms with E-state index in [-0.39, 0.29) is 29.3 Å². The lowest BCUT2D eigenvalue weighted by molar-refractivity contribution is -0.133. The molecular formula is C19H19ClO2. The number of Topliss-reactive ketones (excluding diaryl/α,β-unsaturated/α-hetero) is 2. The summed E-state index contributed by atoms with van der Waals surface area (Å²) < 4.78 is 0. The highest BCUT2D eigenvalue weighted by molar-refractivity contribution is 6.30. The molecule has 1 aromatic rings. The predicted molar refractivity (Wildman–Crippen MR) is 88.5 cm³/mol. The van der Waals surface area contributed by atoms with Gasteiger partial charge in [0.1, 0.15) is 11.6 Å². The number of allylic oxidation sites excluding steroid dienone is 3. The van der Waals surface area contributed by atoms with E-state index in [0.717, 1.165) is 12.0 Å². The number of hydrogen-bond acceptors (Lipinski definition) is 2. The SMILES string of the molecule is CC(=O)C1(C(C)=O)[C@H]2[C@@H](/C=C/c3ccc(Cl)cc3)C=CC[C@H]21. The van der Waals surface area contributed by atoms with Crippen molar-refractivity contribution in [2.75, 3.05) is 0 Å². The Kier molecular flexibility index (Phi) is 3.82. The molecule has 1 saturated carbocycles. The Morgan fingerprint density at radius 3 is 2.41 bits per heavy atom. The van der Waals surface area contributed by atoms with Gasteiger partial charge in [-0.15, -0.1) is 0 Å². The number of benzene rings is 1. The number of carbonyl (C=O) groups excluding carboxylic acids is 2. The van der Waals surface area contributed by atoms with Gasteiger partial charge in [-0.05, 0) is 55.7 Å². The van der Waals surface area contributed by atoms with Gasteiger partial charge in [0.2, 0.25) is 0 Å².